The lowest BCUT2D eigenvalue weighted by Gasteiger charge is -2.14. The van der Waals surface area contributed by atoms with Crippen LogP contribution in [-0.4, -0.2) is 32.3 Å². The van der Waals surface area contributed by atoms with Crippen LogP contribution in [-0.2, 0) is 11.2 Å². The molecule has 0 bridgehead atoms. The lowest BCUT2D eigenvalue weighted by molar-refractivity contribution is 0.0827. The van der Waals surface area contributed by atoms with Crippen LogP contribution in [0.15, 0.2) is 24.3 Å². The highest BCUT2D eigenvalue weighted by Crippen LogP contribution is 2.04. The summed E-state index contributed by atoms with van der Waals surface area (Å²) in [6, 6.07) is 8.70. The molecule has 0 saturated carbocycles. The summed E-state index contributed by atoms with van der Waals surface area (Å²) < 4.78 is 5.04. The molecule has 78 valence electrons. The molecule has 0 saturated heterocycles. The Morgan fingerprint density at radius 1 is 1.21 bits per heavy atom. The average molecular weight is 193 g/mol. The highest BCUT2D eigenvalue weighted by atomic mass is 16.5. The van der Waals surface area contributed by atoms with Gasteiger partial charge >= 0.3 is 0 Å². The summed E-state index contributed by atoms with van der Waals surface area (Å²) in [4.78, 5) is 2.17. The zero-order valence-corrected chi connectivity index (χ0v) is 9.29. The summed E-state index contributed by atoms with van der Waals surface area (Å²) in [7, 11) is 3.79. The van der Waals surface area contributed by atoms with Crippen LogP contribution >= 0.6 is 0 Å². The Morgan fingerprint density at radius 3 is 2.43 bits per heavy atom. The SMILES string of the molecule is COCN(C)CCc1ccc(C)cc1. The van der Waals surface area contributed by atoms with E-state index < -0.39 is 0 Å². The van der Waals surface area contributed by atoms with Crippen molar-refractivity contribution in [2.24, 2.45) is 0 Å². The summed E-state index contributed by atoms with van der Waals surface area (Å²) in [6.07, 6.45) is 1.08. The molecule has 0 aromatic heterocycles. The first-order valence-corrected chi connectivity index (χ1v) is 4.95. The number of hydrogen-bond donors (Lipinski definition) is 0. The van der Waals surface area contributed by atoms with Crippen molar-refractivity contribution in [3.05, 3.63) is 35.4 Å². The highest BCUT2D eigenvalue weighted by molar-refractivity contribution is 5.21. The number of hydrogen-bond acceptors (Lipinski definition) is 2. The van der Waals surface area contributed by atoms with Crippen molar-refractivity contribution >= 4 is 0 Å². The van der Waals surface area contributed by atoms with Gasteiger partial charge in [-0.1, -0.05) is 29.8 Å². The molecule has 0 amide bonds. The number of methoxy groups -OCH3 is 1. The van der Waals surface area contributed by atoms with Crippen molar-refractivity contribution in [2.75, 3.05) is 27.4 Å². The molecule has 0 fully saturated rings. The van der Waals surface area contributed by atoms with E-state index in [0.29, 0.717) is 6.73 Å². The molecular formula is C12H19NO. The van der Waals surface area contributed by atoms with Crippen LogP contribution in [0.2, 0.25) is 0 Å². The largest absolute Gasteiger partial charge is 0.369 e. The highest BCUT2D eigenvalue weighted by Gasteiger charge is 1.97. The van der Waals surface area contributed by atoms with Crippen LogP contribution in [0.5, 0.6) is 0 Å². The van der Waals surface area contributed by atoms with Gasteiger partial charge in [0.2, 0.25) is 0 Å². The number of aryl methyl sites for hydroxylation is 1. The monoisotopic (exact) mass is 193 g/mol. The Labute approximate surface area is 86.5 Å². The molecule has 0 aliphatic carbocycles. The summed E-state index contributed by atoms with van der Waals surface area (Å²) in [5, 5.41) is 0. The zero-order valence-electron chi connectivity index (χ0n) is 9.29. The topological polar surface area (TPSA) is 12.5 Å². The third-order valence-electron chi connectivity index (χ3n) is 2.25. The molecule has 0 unspecified atom stereocenters. The van der Waals surface area contributed by atoms with Crippen LogP contribution in [0.1, 0.15) is 11.1 Å². The second-order valence-electron chi connectivity index (χ2n) is 3.73. The molecule has 0 radical (unpaired) electrons. The lowest BCUT2D eigenvalue weighted by Crippen LogP contribution is -2.23. The van der Waals surface area contributed by atoms with Gasteiger partial charge in [-0.2, -0.15) is 0 Å². The average Bonchev–Trinajstić information content (AvgIpc) is 2.17. The molecule has 0 atom stereocenters. The predicted octanol–water partition coefficient (Wildman–Crippen LogP) is 2.07. The van der Waals surface area contributed by atoms with Crippen LogP contribution in [0.4, 0.5) is 0 Å². The van der Waals surface area contributed by atoms with Gasteiger partial charge in [0.15, 0.2) is 0 Å². The number of likely N-dealkylation sites (N-methyl/N-ethyl adjacent to an activating group) is 1. The minimum absolute atomic E-state index is 0.700. The molecule has 1 rings (SSSR count). The van der Waals surface area contributed by atoms with Crippen molar-refractivity contribution < 1.29 is 4.74 Å². The van der Waals surface area contributed by atoms with Crippen LogP contribution < -0.4 is 0 Å². The van der Waals surface area contributed by atoms with Crippen molar-refractivity contribution in [3.8, 4) is 0 Å². The zero-order chi connectivity index (χ0) is 10.4. The van der Waals surface area contributed by atoms with E-state index in [1.54, 1.807) is 7.11 Å². The minimum Gasteiger partial charge on any atom is -0.369 e. The first-order valence-electron chi connectivity index (χ1n) is 4.95. The standard InChI is InChI=1S/C12H19NO/c1-11-4-6-12(7-5-11)8-9-13(2)10-14-3/h4-7H,8-10H2,1-3H3. The summed E-state index contributed by atoms with van der Waals surface area (Å²) in [5.74, 6) is 0. The summed E-state index contributed by atoms with van der Waals surface area (Å²) in [5.41, 5.74) is 2.71. The number of benzene rings is 1. The maximum atomic E-state index is 5.04. The van der Waals surface area contributed by atoms with Gasteiger partial charge < -0.3 is 4.74 Å². The Bertz CT molecular complexity index is 256. The van der Waals surface area contributed by atoms with E-state index in [-0.39, 0.29) is 0 Å². The van der Waals surface area contributed by atoms with Gasteiger partial charge in [0.1, 0.15) is 0 Å². The quantitative estimate of drug-likeness (QED) is 0.664. The second-order valence-corrected chi connectivity index (χ2v) is 3.73. The molecule has 0 spiro atoms. The van der Waals surface area contributed by atoms with E-state index in [4.69, 9.17) is 4.74 Å². The van der Waals surface area contributed by atoms with Crippen molar-refractivity contribution in [1.29, 1.82) is 0 Å². The van der Waals surface area contributed by atoms with Crippen LogP contribution in [0.25, 0.3) is 0 Å². The first kappa shape index (κ1) is 11.2. The van der Waals surface area contributed by atoms with Gasteiger partial charge in [0.05, 0.1) is 6.73 Å². The fraction of sp³-hybridized carbons (Fsp3) is 0.500. The molecule has 14 heavy (non-hydrogen) atoms. The van der Waals surface area contributed by atoms with E-state index in [1.807, 2.05) is 0 Å². The number of ether oxygens (including phenoxy) is 1. The summed E-state index contributed by atoms with van der Waals surface area (Å²) in [6.45, 7) is 3.85. The molecule has 1 aromatic carbocycles. The van der Waals surface area contributed by atoms with Gasteiger partial charge in [-0.15, -0.1) is 0 Å². The fourth-order valence-electron chi connectivity index (χ4n) is 1.36. The van der Waals surface area contributed by atoms with Crippen LogP contribution in [0.3, 0.4) is 0 Å². The van der Waals surface area contributed by atoms with Gasteiger partial charge in [0, 0.05) is 13.7 Å². The Morgan fingerprint density at radius 2 is 1.86 bits per heavy atom. The van der Waals surface area contributed by atoms with Gasteiger partial charge in [0.25, 0.3) is 0 Å². The predicted molar refractivity (Wildman–Crippen MR) is 59.4 cm³/mol. The molecule has 0 N–H and O–H groups in total. The Kier molecular flexibility index (Phi) is 4.63. The molecule has 0 aliphatic rings. The summed E-state index contributed by atoms with van der Waals surface area (Å²) >= 11 is 0. The van der Waals surface area contributed by atoms with Gasteiger partial charge in [-0.05, 0) is 26.0 Å². The molecule has 2 heteroatoms. The minimum atomic E-state index is 0.700. The van der Waals surface area contributed by atoms with Crippen molar-refractivity contribution in [3.63, 3.8) is 0 Å². The molecule has 0 aliphatic heterocycles. The number of rotatable bonds is 5. The van der Waals surface area contributed by atoms with Gasteiger partial charge in [-0.3, -0.25) is 4.90 Å². The Balaban J connectivity index is 2.34. The molecule has 1 aromatic rings. The van der Waals surface area contributed by atoms with E-state index in [9.17, 15) is 0 Å². The van der Waals surface area contributed by atoms with Crippen molar-refractivity contribution in [2.45, 2.75) is 13.3 Å². The third-order valence-corrected chi connectivity index (χ3v) is 2.25. The molecule has 0 heterocycles. The normalized spacial score (nSPS) is 10.9. The van der Waals surface area contributed by atoms with Gasteiger partial charge in [-0.25, -0.2) is 0 Å². The van der Waals surface area contributed by atoms with E-state index in [0.717, 1.165) is 13.0 Å². The Hall–Kier alpha value is -0.860. The van der Waals surface area contributed by atoms with Crippen molar-refractivity contribution in [1.82, 2.24) is 4.90 Å². The molecular weight excluding hydrogens is 174 g/mol. The fourth-order valence-corrected chi connectivity index (χ4v) is 1.36. The van der Waals surface area contributed by atoms with E-state index in [2.05, 4.69) is 43.1 Å². The van der Waals surface area contributed by atoms with Crippen LogP contribution in [0, 0.1) is 6.92 Å². The first-order chi connectivity index (χ1) is 6.72. The maximum absolute atomic E-state index is 5.04. The molecule has 2 nitrogen and oxygen atoms in total. The van der Waals surface area contributed by atoms with E-state index in [1.165, 1.54) is 11.1 Å². The lowest BCUT2D eigenvalue weighted by atomic mass is 10.1. The smallest absolute Gasteiger partial charge is 0.0984 e. The number of nitrogens with zero attached hydrogens (tertiary/aromatic N) is 1. The maximum Gasteiger partial charge on any atom is 0.0984 e. The second kappa shape index (κ2) is 5.78. The van der Waals surface area contributed by atoms with E-state index >= 15 is 0 Å². The third kappa shape index (κ3) is 3.90.